The summed E-state index contributed by atoms with van der Waals surface area (Å²) < 4.78 is 6.13. The van der Waals surface area contributed by atoms with Gasteiger partial charge in [0.2, 0.25) is 0 Å². The molecule has 1 heterocycles. The first kappa shape index (κ1) is 15.2. The lowest BCUT2D eigenvalue weighted by atomic mass is 10.2. The van der Waals surface area contributed by atoms with Crippen LogP contribution in [0.3, 0.4) is 0 Å². The number of hydrogen-bond donors (Lipinski definition) is 1. The van der Waals surface area contributed by atoms with Crippen LogP contribution in [0.1, 0.15) is 23.4 Å². The lowest BCUT2D eigenvalue weighted by Crippen LogP contribution is -2.29. The van der Waals surface area contributed by atoms with Crippen molar-refractivity contribution in [3.05, 3.63) is 56.7 Å². The molecule has 1 aromatic heterocycles. The number of hydrogen-bond acceptors (Lipinski definition) is 4. The Morgan fingerprint density at radius 1 is 1.40 bits per heavy atom. The lowest BCUT2D eigenvalue weighted by molar-refractivity contribution is -0.145. The highest BCUT2D eigenvalue weighted by Gasteiger charge is 2.23. The van der Waals surface area contributed by atoms with Gasteiger partial charge in [0.15, 0.2) is 0 Å². The van der Waals surface area contributed by atoms with E-state index in [-0.39, 0.29) is 5.97 Å². The number of carbonyl (C=O) groups excluding carboxylic acids is 1. The van der Waals surface area contributed by atoms with Crippen LogP contribution < -0.4 is 5.32 Å². The molecule has 0 aliphatic heterocycles. The van der Waals surface area contributed by atoms with Gasteiger partial charge in [-0.1, -0.05) is 30.3 Å². The molecule has 0 saturated heterocycles. The Labute approximate surface area is 131 Å². The number of benzene rings is 1. The molecule has 0 spiro atoms. The zero-order valence-electron chi connectivity index (χ0n) is 11.1. The minimum Gasteiger partial charge on any atom is -0.465 e. The highest BCUT2D eigenvalue weighted by atomic mass is 79.9. The van der Waals surface area contributed by atoms with Gasteiger partial charge in [-0.25, -0.2) is 4.79 Å². The quantitative estimate of drug-likeness (QED) is 0.800. The normalized spacial score (nSPS) is 12.1. The molecule has 5 heteroatoms. The summed E-state index contributed by atoms with van der Waals surface area (Å²) in [5.74, 6) is -0.238. The highest BCUT2D eigenvalue weighted by Crippen LogP contribution is 2.26. The average Bonchev–Trinajstić information content (AvgIpc) is 2.87. The maximum Gasteiger partial charge on any atom is 0.328 e. The standard InChI is InChI=1S/C15H16BrNO2S/c1-2-19-15(18)14(13-8-12(16)10-20-13)17-9-11-6-4-3-5-7-11/h3-8,10,14,17H,2,9H2,1H3. The maximum absolute atomic E-state index is 12.1. The van der Waals surface area contributed by atoms with E-state index in [0.29, 0.717) is 13.2 Å². The number of ether oxygens (including phenoxy) is 1. The second kappa shape index (κ2) is 7.57. The zero-order valence-corrected chi connectivity index (χ0v) is 13.5. The third kappa shape index (κ3) is 4.16. The van der Waals surface area contributed by atoms with E-state index in [1.165, 1.54) is 11.3 Å². The van der Waals surface area contributed by atoms with E-state index in [2.05, 4.69) is 21.2 Å². The van der Waals surface area contributed by atoms with Crippen molar-refractivity contribution >= 4 is 33.2 Å². The van der Waals surface area contributed by atoms with Gasteiger partial charge in [0, 0.05) is 21.3 Å². The van der Waals surface area contributed by atoms with Crippen molar-refractivity contribution in [3.8, 4) is 0 Å². The van der Waals surface area contributed by atoms with Gasteiger partial charge in [0.05, 0.1) is 6.61 Å². The first-order valence-electron chi connectivity index (χ1n) is 6.38. The van der Waals surface area contributed by atoms with E-state index in [4.69, 9.17) is 4.74 Å². The van der Waals surface area contributed by atoms with Crippen LogP contribution in [0, 0.1) is 0 Å². The lowest BCUT2D eigenvalue weighted by Gasteiger charge is -2.16. The Balaban J connectivity index is 2.08. The van der Waals surface area contributed by atoms with Crippen LogP contribution in [0.5, 0.6) is 0 Å². The van der Waals surface area contributed by atoms with Gasteiger partial charge in [-0.05, 0) is 34.5 Å². The first-order valence-corrected chi connectivity index (χ1v) is 8.06. The van der Waals surface area contributed by atoms with Gasteiger partial charge in [0.25, 0.3) is 0 Å². The number of esters is 1. The van der Waals surface area contributed by atoms with Crippen LogP contribution in [0.2, 0.25) is 0 Å². The van der Waals surface area contributed by atoms with Gasteiger partial charge in [-0.2, -0.15) is 0 Å². The van der Waals surface area contributed by atoms with Gasteiger partial charge >= 0.3 is 5.97 Å². The second-order valence-corrected chi connectivity index (χ2v) is 6.08. The van der Waals surface area contributed by atoms with Crippen LogP contribution in [0.25, 0.3) is 0 Å². The van der Waals surface area contributed by atoms with Gasteiger partial charge in [0.1, 0.15) is 6.04 Å². The van der Waals surface area contributed by atoms with E-state index in [0.717, 1.165) is 14.9 Å². The van der Waals surface area contributed by atoms with E-state index in [9.17, 15) is 4.79 Å². The number of halogens is 1. The molecular weight excluding hydrogens is 338 g/mol. The third-order valence-corrected chi connectivity index (χ3v) is 4.51. The predicted molar refractivity (Wildman–Crippen MR) is 84.7 cm³/mol. The highest BCUT2D eigenvalue weighted by molar-refractivity contribution is 9.10. The fourth-order valence-electron chi connectivity index (χ4n) is 1.82. The number of carbonyl (C=O) groups is 1. The minimum atomic E-state index is -0.425. The SMILES string of the molecule is CCOC(=O)C(NCc1ccccc1)c1cc(Br)cs1. The maximum atomic E-state index is 12.1. The Kier molecular flexibility index (Phi) is 5.76. The number of nitrogens with one attached hydrogen (secondary N) is 1. The van der Waals surface area contributed by atoms with Crippen molar-refractivity contribution in [3.63, 3.8) is 0 Å². The van der Waals surface area contributed by atoms with E-state index in [1.807, 2.05) is 48.7 Å². The molecule has 1 N–H and O–H groups in total. The Hall–Kier alpha value is -1.17. The van der Waals surface area contributed by atoms with Gasteiger partial charge in [-0.3, -0.25) is 5.32 Å². The third-order valence-electron chi connectivity index (χ3n) is 2.75. The van der Waals surface area contributed by atoms with Gasteiger partial charge in [-0.15, -0.1) is 11.3 Å². The summed E-state index contributed by atoms with van der Waals surface area (Å²) >= 11 is 4.95. The largest absolute Gasteiger partial charge is 0.465 e. The molecular formula is C15H16BrNO2S. The van der Waals surface area contributed by atoms with E-state index in [1.54, 1.807) is 0 Å². The molecule has 106 valence electrons. The van der Waals surface area contributed by atoms with E-state index < -0.39 is 6.04 Å². The molecule has 3 nitrogen and oxygen atoms in total. The molecule has 0 fully saturated rings. The molecule has 0 aliphatic rings. The summed E-state index contributed by atoms with van der Waals surface area (Å²) in [6, 6.07) is 11.5. The molecule has 0 aliphatic carbocycles. The molecule has 2 rings (SSSR count). The molecule has 0 amide bonds. The van der Waals surface area contributed by atoms with Crippen molar-refractivity contribution in [2.75, 3.05) is 6.61 Å². The molecule has 2 aromatic rings. The van der Waals surface area contributed by atoms with Gasteiger partial charge < -0.3 is 4.74 Å². The summed E-state index contributed by atoms with van der Waals surface area (Å²) in [5.41, 5.74) is 1.14. The number of rotatable bonds is 6. The first-order chi connectivity index (χ1) is 9.70. The van der Waals surface area contributed by atoms with Crippen LogP contribution >= 0.6 is 27.3 Å². The smallest absolute Gasteiger partial charge is 0.328 e. The fraction of sp³-hybridized carbons (Fsp3) is 0.267. The second-order valence-electron chi connectivity index (χ2n) is 4.22. The van der Waals surface area contributed by atoms with Crippen molar-refractivity contribution in [2.24, 2.45) is 0 Å². The van der Waals surface area contributed by atoms with Crippen LogP contribution in [0.4, 0.5) is 0 Å². The predicted octanol–water partition coefficient (Wildman–Crippen LogP) is 3.90. The molecule has 1 aromatic carbocycles. The summed E-state index contributed by atoms with van der Waals surface area (Å²) in [6.07, 6.45) is 0. The van der Waals surface area contributed by atoms with Crippen molar-refractivity contribution in [1.29, 1.82) is 0 Å². The Bertz CT molecular complexity index is 556. The summed E-state index contributed by atoms with van der Waals surface area (Å²) in [6.45, 7) is 2.82. The Morgan fingerprint density at radius 2 is 2.15 bits per heavy atom. The molecule has 0 bridgehead atoms. The topological polar surface area (TPSA) is 38.3 Å². The average molecular weight is 354 g/mol. The van der Waals surface area contributed by atoms with Crippen LogP contribution in [0.15, 0.2) is 46.3 Å². The molecule has 20 heavy (non-hydrogen) atoms. The molecule has 0 radical (unpaired) electrons. The minimum absolute atomic E-state index is 0.238. The molecule has 0 saturated carbocycles. The molecule has 1 unspecified atom stereocenters. The van der Waals surface area contributed by atoms with Crippen molar-refractivity contribution in [1.82, 2.24) is 5.32 Å². The van der Waals surface area contributed by atoms with Crippen molar-refractivity contribution < 1.29 is 9.53 Å². The fourth-order valence-corrected chi connectivity index (χ4v) is 3.33. The zero-order chi connectivity index (χ0) is 14.4. The summed E-state index contributed by atoms with van der Waals surface area (Å²) in [5, 5.41) is 5.23. The van der Waals surface area contributed by atoms with E-state index >= 15 is 0 Å². The van der Waals surface area contributed by atoms with Crippen LogP contribution in [-0.4, -0.2) is 12.6 Å². The number of thiophene rings is 1. The molecule has 1 atom stereocenters. The monoisotopic (exact) mass is 353 g/mol. The Morgan fingerprint density at radius 3 is 2.75 bits per heavy atom. The summed E-state index contributed by atoms with van der Waals surface area (Å²) in [4.78, 5) is 13.0. The van der Waals surface area contributed by atoms with Crippen LogP contribution in [-0.2, 0) is 16.1 Å². The van der Waals surface area contributed by atoms with Crippen molar-refractivity contribution in [2.45, 2.75) is 19.5 Å². The summed E-state index contributed by atoms with van der Waals surface area (Å²) in [7, 11) is 0.